The molecule has 36 heavy (non-hydrogen) atoms. The predicted octanol–water partition coefficient (Wildman–Crippen LogP) is 3.89. The number of anilines is 2. The summed E-state index contributed by atoms with van der Waals surface area (Å²) in [5, 5.41) is 2.62. The Morgan fingerprint density at radius 3 is 2.06 bits per heavy atom. The molecule has 3 aromatic carbocycles. The normalized spacial score (nSPS) is 10.9. The highest BCUT2D eigenvalue weighted by atomic mass is 32.2. The van der Waals surface area contributed by atoms with E-state index in [4.69, 9.17) is 14.2 Å². The lowest BCUT2D eigenvalue weighted by molar-refractivity contribution is -0.114. The zero-order chi connectivity index (χ0) is 26.3. The number of hydrogen-bond acceptors (Lipinski definition) is 7. The number of rotatable bonds is 10. The Labute approximate surface area is 210 Å². The Balaban J connectivity index is 2.00. The first-order chi connectivity index (χ1) is 17.2. The monoisotopic (exact) mass is 512 g/mol. The van der Waals surface area contributed by atoms with Crippen LogP contribution in [0.1, 0.15) is 22.8 Å². The Hall–Kier alpha value is -4.05. The highest BCUT2D eigenvalue weighted by Crippen LogP contribution is 2.34. The highest BCUT2D eigenvalue weighted by Gasteiger charge is 2.28. The van der Waals surface area contributed by atoms with Gasteiger partial charge in [-0.2, -0.15) is 0 Å². The van der Waals surface area contributed by atoms with E-state index < -0.39 is 28.4 Å². The minimum absolute atomic E-state index is 0.0215. The number of esters is 1. The summed E-state index contributed by atoms with van der Waals surface area (Å²) in [5.41, 5.74) is 1.45. The van der Waals surface area contributed by atoms with Gasteiger partial charge in [0, 0.05) is 12.1 Å². The van der Waals surface area contributed by atoms with Gasteiger partial charge in [-0.05, 0) is 36.2 Å². The fourth-order valence-corrected chi connectivity index (χ4v) is 4.96. The van der Waals surface area contributed by atoms with Crippen LogP contribution in [0.4, 0.5) is 11.4 Å². The number of ether oxygens (including phenoxy) is 3. The second kappa shape index (κ2) is 11.6. The lowest BCUT2D eigenvalue weighted by Gasteiger charge is -2.24. The van der Waals surface area contributed by atoms with Crippen molar-refractivity contribution >= 4 is 33.3 Å². The van der Waals surface area contributed by atoms with Gasteiger partial charge in [0.2, 0.25) is 5.91 Å². The molecule has 0 heterocycles. The molecular formula is C26H28N2O7S. The van der Waals surface area contributed by atoms with Crippen molar-refractivity contribution in [1.29, 1.82) is 0 Å². The van der Waals surface area contributed by atoms with Gasteiger partial charge in [0.15, 0.2) is 11.5 Å². The van der Waals surface area contributed by atoms with Gasteiger partial charge in [-0.3, -0.25) is 9.10 Å². The molecule has 0 radical (unpaired) electrons. The van der Waals surface area contributed by atoms with Crippen molar-refractivity contribution in [3.63, 3.8) is 0 Å². The zero-order valence-electron chi connectivity index (χ0n) is 20.5. The molecule has 1 N–H and O–H groups in total. The number of nitrogens with one attached hydrogen (secondary N) is 1. The van der Waals surface area contributed by atoms with E-state index >= 15 is 0 Å². The van der Waals surface area contributed by atoms with Gasteiger partial charge in [-0.15, -0.1) is 0 Å². The van der Waals surface area contributed by atoms with Crippen LogP contribution in [0.25, 0.3) is 0 Å². The quantitative estimate of drug-likeness (QED) is 0.410. The van der Waals surface area contributed by atoms with Crippen LogP contribution in [-0.2, 0) is 26.0 Å². The Kier molecular flexibility index (Phi) is 8.55. The number of hydrogen-bond donors (Lipinski definition) is 1. The van der Waals surface area contributed by atoms with Crippen molar-refractivity contribution in [1.82, 2.24) is 0 Å². The first kappa shape index (κ1) is 26.6. The summed E-state index contributed by atoms with van der Waals surface area (Å²) in [6.07, 6.45) is 0.780. The molecule has 0 spiro atoms. The average molecular weight is 513 g/mol. The summed E-state index contributed by atoms with van der Waals surface area (Å²) in [6, 6.07) is 17.6. The van der Waals surface area contributed by atoms with Gasteiger partial charge in [0.1, 0.15) is 6.54 Å². The second-order valence-corrected chi connectivity index (χ2v) is 9.50. The molecule has 0 aliphatic rings. The minimum atomic E-state index is -4.08. The fourth-order valence-electron chi connectivity index (χ4n) is 3.51. The van der Waals surface area contributed by atoms with Crippen LogP contribution < -0.4 is 19.1 Å². The maximum absolute atomic E-state index is 13.5. The highest BCUT2D eigenvalue weighted by molar-refractivity contribution is 7.92. The first-order valence-electron chi connectivity index (χ1n) is 11.1. The molecular weight excluding hydrogens is 484 g/mol. The van der Waals surface area contributed by atoms with Crippen LogP contribution in [-0.4, -0.2) is 48.2 Å². The molecule has 0 fully saturated rings. The maximum atomic E-state index is 13.5. The Morgan fingerprint density at radius 1 is 0.889 bits per heavy atom. The van der Waals surface area contributed by atoms with E-state index in [1.165, 1.54) is 45.6 Å². The molecule has 0 atom stereocenters. The summed E-state index contributed by atoms with van der Waals surface area (Å²) < 4.78 is 43.4. The van der Waals surface area contributed by atoms with Crippen LogP contribution in [0.5, 0.6) is 11.5 Å². The lowest BCUT2D eigenvalue weighted by atomic mass is 10.1. The molecule has 0 aromatic heterocycles. The number of carbonyl (C=O) groups is 2. The van der Waals surface area contributed by atoms with Crippen LogP contribution in [0, 0.1) is 0 Å². The van der Waals surface area contributed by atoms with E-state index in [0.717, 1.165) is 16.3 Å². The number of nitrogens with zero attached hydrogens (tertiary/aromatic N) is 1. The van der Waals surface area contributed by atoms with Crippen molar-refractivity contribution in [3.05, 3.63) is 77.9 Å². The fraction of sp³-hybridized carbons (Fsp3) is 0.231. The SMILES string of the molecule is CCc1ccc(N(CC(=O)Nc2cc(OC)c(OC)cc2C(=O)OC)S(=O)(=O)c2ccccc2)cc1. The predicted molar refractivity (Wildman–Crippen MR) is 136 cm³/mol. The van der Waals surface area contributed by atoms with E-state index in [9.17, 15) is 18.0 Å². The van der Waals surface area contributed by atoms with Crippen molar-refractivity contribution in [2.45, 2.75) is 18.2 Å². The average Bonchev–Trinajstić information content (AvgIpc) is 2.91. The first-order valence-corrected chi connectivity index (χ1v) is 12.5. The van der Waals surface area contributed by atoms with Crippen LogP contribution >= 0.6 is 0 Å². The largest absolute Gasteiger partial charge is 0.493 e. The molecule has 0 saturated carbocycles. The second-order valence-electron chi connectivity index (χ2n) is 7.64. The molecule has 3 aromatic rings. The van der Waals surface area contributed by atoms with E-state index in [1.807, 2.05) is 19.1 Å². The molecule has 10 heteroatoms. The van der Waals surface area contributed by atoms with Crippen LogP contribution in [0.2, 0.25) is 0 Å². The van der Waals surface area contributed by atoms with Crippen molar-refractivity contribution < 1.29 is 32.2 Å². The topological polar surface area (TPSA) is 111 Å². The van der Waals surface area contributed by atoms with Crippen molar-refractivity contribution in [2.24, 2.45) is 0 Å². The summed E-state index contributed by atoms with van der Waals surface area (Å²) in [7, 11) is -0.0502. The van der Waals surface area contributed by atoms with Gasteiger partial charge in [0.25, 0.3) is 10.0 Å². The number of amides is 1. The molecule has 0 unspecified atom stereocenters. The molecule has 3 rings (SSSR count). The minimum Gasteiger partial charge on any atom is -0.493 e. The number of sulfonamides is 1. The van der Waals surface area contributed by atoms with Gasteiger partial charge in [-0.1, -0.05) is 37.3 Å². The molecule has 0 bridgehead atoms. The third-order valence-corrected chi connectivity index (χ3v) is 7.24. The summed E-state index contributed by atoms with van der Waals surface area (Å²) in [5.74, 6) is -0.855. The van der Waals surface area contributed by atoms with Gasteiger partial charge in [-0.25, -0.2) is 13.2 Å². The van der Waals surface area contributed by atoms with E-state index in [0.29, 0.717) is 5.69 Å². The molecule has 0 saturated heterocycles. The molecule has 9 nitrogen and oxygen atoms in total. The van der Waals surface area contributed by atoms with Crippen molar-refractivity contribution in [2.75, 3.05) is 37.5 Å². The third kappa shape index (κ3) is 5.77. The number of carbonyl (C=O) groups excluding carboxylic acids is 2. The molecule has 0 aliphatic carbocycles. The van der Waals surface area contributed by atoms with Gasteiger partial charge in [0.05, 0.1) is 43.2 Å². The van der Waals surface area contributed by atoms with E-state index in [-0.39, 0.29) is 27.6 Å². The number of aryl methyl sites for hydroxylation is 1. The molecule has 1 amide bonds. The zero-order valence-corrected chi connectivity index (χ0v) is 21.3. The smallest absolute Gasteiger partial charge is 0.340 e. The van der Waals surface area contributed by atoms with Crippen LogP contribution in [0.15, 0.2) is 71.6 Å². The van der Waals surface area contributed by atoms with Gasteiger partial charge < -0.3 is 19.5 Å². The summed E-state index contributed by atoms with van der Waals surface area (Å²) in [6.45, 7) is 1.45. The Morgan fingerprint density at radius 2 is 1.50 bits per heavy atom. The standard InChI is InChI=1S/C26H28N2O7S/c1-5-18-11-13-19(14-12-18)28(36(31,32)20-9-7-6-8-10-20)17-25(29)27-22-16-24(34-3)23(33-2)15-21(22)26(30)35-4/h6-16H,5,17H2,1-4H3,(H,27,29). The summed E-state index contributed by atoms with van der Waals surface area (Å²) in [4.78, 5) is 25.6. The number of methoxy groups -OCH3 is 3. The van der Waals surface area contributed by atoms with E-state index in [1.54, 1.807) is 30.3 Å². The maximum Gasteiger partial charge on any atom is 0.340 e. The van der Waals surface area contributed by atoms with E-state index in [2.05, 4.69) is 5.32 Å². The third-order valence-electron chi connectivity index (χ3n) is 5.45. The number of benzene rings is 3. The molecule has 190 valence electrons. The summed E-state index contributed by atoms with van der Waals surface area (Å²) >= 11 is 0. The Bertz CT molecular complexity index is 1320. The van der Waals surface area contributed by atoms with Crippen LogP contribution in [0.3, 0.4) is 0 Å². The lowest BCUT2D eigenvalue weighted by Crippen LogP contribution is -2.38. The van der Waals surface area contributed by atoms with Gasteiger partial charge >= 0.3 is 5.97 Å². The molecule has 0 aliphatic heterocycles. The van der Waals surface area contributed by atoms with Crippen molar-refractivity contribution in [3.8, 4) is 11.5 Å².